The van der Waals surface area contributed by atoms with Crippen LogP contribution >= 0.6 is 63.1 Å². The fraction of sp³-hybridized carbons (Fsp3) is 0.778. The summed E-state index contributed by atoms with van der Waals surface area (Å²) in [4.78, 5) is 69.0. The Morgan fingerprint density at radius 2 is 0.705 bits per heavy atom. The summed E-state index contributed by atoms with van der Waals surface area (Å²) in [7, 11) is 0. The van der Waals surface area contributed by atoms with Crippen LogP contribution in [0.1, 0.15) is 59.3 Å². The highest BCUT2D eigenvalue weighted by molar-refractivity contribution is 7.80. The van der Waals surface area contributed by atoms with Gasteiger partial charge in [0.2, 0.25) is 0 Å². The van der Waals surface area contributed by atoms with E-state index >= 15 is 0 Å². The Kier molecular flexibility index (Phi) is 33.7. The first-order valence-electron chi connectivity index (χ1n) is 13.5. The van der Waals surface area contributed by atoms with Gasteiger partial charge in [0.05, 0.1) is 32.1 Å². The summed E-state index contributed by atoms with van der Waals surface area (Å²) in [6, 6.07) is 0. The van der Waals surface area contributed by atoms with E-state index in [0.29, 0.717) is 35.2 Å². The van der Waals surface area contributed by atoms with E-state index in [1.165, 1.54) is 0 Å². The lowest BCUT2D eigenvalue weighted by Gasteiger charge is -2.31. The molecule has 44 heavy (non-hydrogen) atoms. The summed E-state index contributed by atoms with van der Waals surface area (Å²) < 4.78 is 30.4. The quantitative estimate of drug-likeness (QED) is 0.0597. The van der Waals surface area contributed by atoms with Gasteiger partial charge in [0.1, 0.15) is 45.1 Å². The van der Waals surface area contributed by atoms with Crippen molar-refractivity contribution >= 4 is 99.0 Å². The molecule has 0 saturated carbocycles. The van der Waals surface area contributed by atoms with Gasteiger partial charge in [-0.3, -0.25) is 28.8 Å². The van der Waals surface area contributed by atoms with E-state index in [4.69, 9.17) is 28.4 Å². The lowest BCUT2D eigenvalue weighted by atomic mass is 9.92. The van der Waals surface area contributed by atoms with Gasteiger partial charge in [-0.2, -0.15) is 63.1 Å². The van der Waals surface area contributed by atoms with Gasteiger partial charge in [0.25, 0.3) is 0 Å². The molecule has 0 saturated heterocycles. The standard InChI is InChI=1S/C18H30O8S3.C8H14O4S2.CH4/c1-2-3-14(19)23-10-18(11-24-15(20)4-7-27,12-25-16(21)5-8-28)13-26-17(22)6-9-29;9-7(11-3-5-13)1-2-8(10)12-4-6-14;/h27-29H,2-13H2,1H3;13-14H,1-6H2;1H4. The van der Waals surface area contributed by atoms with Crippen molar-refractivity contribution < 1.29 is 57.2 Å². The van der Waals surface area contributed by atoms with Gasteiger partial charge < -0.3 is 28.4 Å². The summed E-state index contributed by atoms with van der Waals surface area (Å²) in [5.74, 6) is -0.966. The molecule has 0 aliphatic heterocycles. The molecular weight excluding hydrogens is 677 g/mol. The third-order valence-electron chi connectivity index (χ3n) is 4.80. The largest absolute Gasteiger partial charge is 0.465 e. The van der Waals surface area contributed by atoms with Gasteiger partial charge in [-0.25, -0.2) is 0 Å². The summed E-state index contributed by atoms with van der Waals surface area (Å²) in [5, 5.41) is 0. The Hall–Kier alpha value is -1.43. The van der Waals surface area contributed by atoms with Crippen molar-refractivity contribution in [1.29, 1.82) is 0 Å². The van der Waals surface area contributed by atoms with Crippen LogP contribution in [0.3, 0.4) is 0 Å². The van der Waals surface area contributed by atoms with Crippen LogP contribution in [0.5, 0.6) is 0 Å². The van der Waals surface area contributed by atoms with Gasteiger partial charge >= 0.3 is 35.8 Å². The number of hydrogen-bond acceptors (Lipinski definition) is 17. The van der Waals surface area contributed by atoms with Crippen LogP contribution in [0.15, 0.2) is 0 Å². The maximum absolute atomic E-state index is 11.8. The zero-order valence-electron chi connectivity index (χ0n) is 24.4. The highest BCUT2D eigenvalue weighted by Gasteiger charge is 2.37. The molecule has 0 aromatic carbocycles. The molecule has 0 atom stereocenters. The van der Waals surface area contributed by atoms with Gasteiger partial charge in [-0.05, 0) is 6.42 Å². The number of hydrogen-bond donors (Lipinski definition) is 5. The molecule has 0 heterocycles. The fourth-order valence-electron chi connectivity index (χ4n) is 2.62. The predicted molar refractivity (Wildman–Crippen MR) is 182 cm³/mol. The second-order valence-corrected chi connectivity index (χ2v) is 10.9. The molecule has 258 valence electrons. The summed E-state index contributed by atoms with van der Waals surface area (Å²) >= 11 is 19.7. The maximum atomic E-state index is 11.8. The van der Waals surface area contributed by atoms with Crippen molar-refractivity contribution in [1.82, 2.24) is 0 Å². The average Bonchev–Trinajstić information content (AvgIpc) is 2.98. The third kappa shape index (κ3) is 28.1. The second-order valence-electron chi connectivity index (χ2n) is 8.70. The van der Waals surface area contributed by atoms with E-state index in [-0.39, 0.29) is 85.6 Å². The zero-order chi connectivity index (χ0) is 32.9. The SMILES string of the molecule is C.CCCC(=O)OCC(COC(=O)CCS)(COC(=O)CCS)COC(=O)CCS.O=C(CCC(=O)OCCS)OCCS. The molecule has 0 N–H and O–H groups in total. The minimum absolute atomic E-state index is 0. The lowest BCUT2D eigenvalue weighted by molar-refractivity contribution is -0.170. The van der Waals surface area contributed by atoms with Crippen LogP contribution in [0.25, 0.3) is 0 Å². The van der Waals surface area contributed by atoms with Gasteiger partial charge in [0, 0.05) is 35.2 Å². The molecule has 17 heteroatoms. The molecule has 12 nitrogen and oxygen atoms in total. The van der Waals surface area contributed by atoms with E-state index in [1.807, 2.05) is 6.92 Å². The lowest BCUT2D eigenvalue weighted by Crippen LogP contribution is -2.44. The fourth-order valence-corrected chi connectivity index (χ4v) is 3.35. The van der Waals surface area contributed by atoms with Crippen molar-refractivity contribution in [3.05, 3.63) is 0 Å². The molecule has 0 fully saturated rings. The highest BCUT2D eigenvalue weighted by atomic mass is 32.1. The van der Waals surface area contributed by atoms with Gasteiger partial charge in [0.15, 0.2) is 0 Å². The summed E-state index contributed by atoms with van der Waals surface area (Å²) in [5.41, 5.74) is -1.23. The number of esters is 6. The van der Waals surface area contributed by atoms with Crippen LogP contribution in [0.4, 0.5) is 0 Å². The Bertz CT molecular complexity index is 716. The first-order valence-corrected chi connectivity index (χ1v) is 16.7. The van der Waals surface area contributed by atoms with Gasteiger partial charge in [-0.1, -0.05) is 14.4 Å². The first kappa shape index (κ1) is 47.0. The van der Waals surface area contributed by atoms with E-state index < -0.39 is 41.2 Å². The second kappa shape index (κ2) is 31.5. The van der Waals surface area contributed by atoms with Crippen molar-refractivity contribution in [3.8, 4) is 0 Å². The van der Waals surface area contributed by atoms with E-state index in [2.05, 4.69) is 63.1 Å². The number of rotatable bonds is 23. The zero-order valence-corrected chi connectivity index (χ0v) is 28.8. The highest BCUT2D eigenvalue weighted by Crippen LogP contribution is 2.22. The molecule has 0 rings (SSSR count). The molecule has 0 aliphatic carbocycles. The molecule has 0 aromatic rings. The van der Waals surface area contributed by atoms with Crippen LogP contribution < -0.4 is 0 Å². The Morgan fingerprint density at radius 3 is 0.955 bits per heavy atom. The van der Waals surface area contributed by atoms with Crippen molar-refractivity contribution in [2.75, 3.05) is 68.4 Å². The van der Waals surface area contributed by atoms with Crippen LogP contribution in [0.2, 0.25) is 0 Å². The molecule has 0 spiro atoms. The Balaban J connectivity index is -0.000000943. The maximum Gasteiger partial charge on any atom is 0.306 e. The van der Waals surface area contributed by atoms with Gasteiger partial charge in [-0.15, -0.1) is 0 Å². The van der Waals surface area contributed by atoms with Crippen molar-refractivity contribution in [2.45, 2.75) is 59.3 Å². The van der Waals surface area contributed by atoms with Crippen LogP contribution in [0, 0.1) is 5.41 Å². The van der Waals surface area contributed by atoms with Crippen molar-refractivity contribution in [2.24, 2.45) is 5.41 Å². The molecule has 0 aromatic heterocycles. The monoisotopic (exact) mass is 724 g/mol. The summed E-state index contributed by atoms with van der Waals surface area (Å²) in [6.45, 7) is 1.33. The molecular formula is C27H48O12S5. The number of carbonyl (C=O) groups excluding carboxylic acids is 6. The molecule has 0 aliphatic rings. The number of ether oxygens (including phenoxy) is 6. The minimum atomic E-state index is -1.23. The summed E-state index contributed by atoms with van der Waals surface area (Å²) in [6.07, 6.45) is 1.14. The Labute approximate surface area is 288 Å². The average molecular weight is 725 g/mol. The third-order valence-corrected chi connectivity index (χ3v) is 5.84. The van der Waals surface area contributed by atoms with E-state index in [1.54, 1.807) is 0 Å². The van der Waals surface area contributed by atoms with Crippen molar-refractivity contribution in [3.63, 3.8) is 0 Å². The van der Waals surface area contributed by atoms with Crippen LogP contribution in [-0.4, -0.2) is 104 Å². The minimum Gasteiger partial charge on any atom is -0.465 e. The smallest absolute Gasteiger partial charge is 0.306 e. The van der Waals surface area contributed by atoms with E-state index in [9.17, 15) is 28.8 Å². The predicted octanol–water partition coefficient (Wildman–Crippen LogP) is 3.25. The van der Waals surface area contributed by atoms with Crippen LogP contribution in [-0.2, 0) is 57.2 Å². The molecule has 0 bridgehead atoms. The topological polar surface area (TPSA) is 158 Å². The first-order chi connectivity index (χ1) is 20.5. The molecule has 0 amide bonds. The molecule has 0 unspecified atom stereocenters. The normalized spacial score (nSPS) is 10.2. The molecule has 0 radical (unpaired) electrons. The Morgan fingerprint density at radius 1 is 0.432 bits per heavy atom. The number of carbonyl (C=O) groups is 6. The number of thiol groups is 5. The van der Waals surface area contributed by atoms with E-state index in [0.717, 1.165) is 0 Å².